The Morgan fingerprint density at radius 3 is 2.38 bits per heavy atom. The second kappa shape index (κ2) is 14.6. The van der Waals surface area contributed by atoms with Gasteiger partial charge in [0.15, 0.2) is 0 Å². The Hall–Kier alpha value is -3.09. The molecule has 198 valence electrons. The maximum Gasteiger partial charge on any atom is 0.242 e. The summed E-state index contributed by atoms with van der Waals surface area (Å²) in [5.74, 6) is 0.182. The number of hydrogen-bond donors (Lipinski definition) is 0. The molecule has 6 nitrogen and oxygen atoms in total. The van der Waals surface area contributed by atoms with Crippen molar-refractivity contribution in [2.45, 2.75) is 39.8 Å². The van der Waals surface area contributed by atoms with E-state index in [1.807, 2.05) is 77.8 Å². The first-order valence-corrected chi connectivity index (χ1v) is 13.2. The van der Waals surface area contributed by atoms with Gasteiger partial charge in [0.05, 0.1) is 19.7 Å². The van der Waals surface area contributed by atoms with Gasteiger partial charge in [0.25, 0.3) is 0 Å². The summed E-state index contributed by atoms with van der Waals surface area (Å²) in [7, 11) is 1.60. The summed E-state index contributed by atoms with van der Waals surface area (Å²) in [4.78, 5) is 30.1. The molecule has 0 aliphatic carbocycles. The molecule has 3 aromatic rings. The second-order valence-corrected chi connectivity index (χ2v) is 10.1. The number of methoxy groups -OCH3 is 1. The topological polar surface area (TPSA) is 54.8 Å². The van der Waals surface area contributed by atoms with Gasteiger partial charge in [0.2, 0.25) is 11.8 Å². The number of carbonyl (C=O) groups is 2. The summed E-state index contributed by atoms with van der Waals surface area (Å²) < 4.78 is 7.35. The zero-order valence-corrected chi connectivity index (χ0v) is 22.9. The van der Waals surface area contributed by atoms with Crippen molar-refractivity contribution in [2.24, 2.45) is 5.92 Å². The fourth-order valence-electron chi connectivity index (χ4n) is 4.26. The largest absolute Gasteiger partial charge is 0.383 e. The lowest BCUT2D eigenvalue weighted by atomic mass is 10.1. The lowest BCUT2D eigenvalue weighted by Gasteiger charge is -2.29. The van der Waals surface area contributed by atoms with Crippen molar-refractivity contribution in [2.75, 3.05) is 33.4 Å². The van der Waals surface area contributed by atoms with Crippen LogP contribution in [0.4, 0.5) is 0 Å². The Morgan fingerprint density at radius 1 is 0.946 bits per heavy atom. The highest BCUT2D eigenvalue weighted by Gasteiger charge is 2.23. The number of benzene rings is 2. The number of halogens is 1. The number of aryl methyl sites for hydroxylation is 1. The Bertz CT molecular complexity index is 1130. The van der Waals surface area contributed by atoms with Gasteiger partial charge >= 0.3 is 0 Å². The molecule has 0 atom stereocenters. The van der Waals surface area contributed by atoms with Crippen LogP contribution in [0, 0.1) is 5.92 Å². The minimum Gasteiger partial charge on any atom is -0.383 e. The van der Waals surface area contributed by atoms with Crippen LogP contribution in [0.15, 0.2) is 72.9 Å². The smallest absolute Gasteiger partial charge is 0.242 e. The fraction of sp³-hybridized carbons (Fsp3) is 0.400. The predicted molar refractivity (Wildman–Crippen MR) is 148 cm³/mol. The number of amides is 2. The third-order valence-corrected chi connectivity index (χ3v) is 6.60. The number of hydrogen-bond acceptors (Lipinski definition) is 3. The molecule has 0 N–H and O–H groups in total. The predicted octanol–water partition coefficient (Wildman–Crippen LogP) is 5.28. The zero-order chi connectivity index (χ0) is 26.6. The van der Waals surface area contributed by atoms with E-state index in [4.69, 9.17) is 16.3 Å². The highest BCUT2D eigenvalue weighted by molar-refractivity contribution is 6.31. The number of carbonyl (C=O) groups excluding carboxylic acids is 2. The molecule has 0 bridgehead atoms. The van der Waals surface area contributed by atoms with E-state index in [0.29, 0.717) is 45.6 Å². The molecule has 7 heteroatoms. The minimum atomic E-state index is -0.0663. The average Bonchev–Trinajstić information content (AvgIpc) is 3.32. The van der Waals surface area contributed by atoms with Crippen LogP contribution in [0.1, 0.15) is 37.1 Å². The van der Waals surface area contributed by atoms with Crippen molar-refractivity contribution >= 4 is 23.4 Å². The number of nitrogens with zero attached hydrogens (tertiary/aromatic N) is 3. The third-order valence-electron chi connectivity index (χ3n) is 6.23. The van der Waals surface area contributed by atoms with Crippen LogP contribution in [-0.2, 0) is 33.8 Å². The van der Waals surface area contributed by atoms with E-state index in [1.165, 1.54) is 0 Å². The first-order chi connectivity index (χ1) is 17.9. The van der Waals surface area contributed by atoms with Crippen LogP contribution in [-0.4, -0.2) is 59.5 Å². The van der Waals surface area contributed by atoms with Crippen LogP contribution in [0.5, 0.6) is 0 Å². The maximum atomic E-state index is 13.5. The molecule has 0 radical (unpaired) electrons. The van der Waals surface area contributed by atoms with Crippen LogP contribution < -0.4 is 0 Å². The highest BCUT2D eigenvalue weighted by Crippen LogP contribution is 2.19. The van der Waals surface area contributed by atoms with Crippen molar-refractivity contribution in [3.05, 3.63) is 94.8 Å². The molecular weight excluding hydrogens is 486 g/mol. The van der Waals surface area contributed by atoms with Crippen molar-refractivity contribution in [3.8, 4) is 0 Å². The zero-order valence-electron chi connectivity index (χ0n) is 22.1. The Morgan fingerprint density at radius 2 is 1.68 bits per heavy atom. The van der Waals surface area contributed by atoms with Gasteiger partial charge in [-0.1, -0.05) is 74.0 Å². The standard InChI is InChI=1S/C30H38ClN3O3/c1-24(2)20-34(22-27-13-9-17-32(27)21-26-12-7-8-14-28(26)31)30(36)23-33(18-19-37-3)29(35)16-15-25-10-5-4-6-11-25/h4-14,17,24H,15-16,18-23H2,1-3H3. The van der Waals surface area contributed by atoms with Gasteiger partial charge in [0, 0.05) is 50.1 Å². The van der Waals surface area contributed by atoms with Gasteiger partial charge in [-0.25, -0.2) is 0 Å². The molecule has 0 fully saturated rings. The molecular formula is C30H38ClN3O3. The summed E-state index contributed by atoms with van der Waals surface area (Å²) in [6.07, 6.45) is 3.00. The lowest BCUT2D eigenvalue weighted by molar-refractivity contribution is -0.141. The molecule has 0 aliphatic rings. The molecule has 0 unspecified atom stereocenters. The molecule has 1 heterocycles. The quantitative estimate of drug-likeness (QED) is 0.289. The van der Waals surface area contributed by atoms with Crippen LogP contribution in [0.3, 0.4) is 0 Å². The summed E-state index contributed by atoms with van der Waals surface area (Å²) in [5, 5.41) is 0.722. The summed E-state index contributed by atoms with van der Waals surface area (Å²) >= 11 is 6.39. The molecule has 1 aromatic heterocycles. The first kappa shape index (κ1) is 28.5. The third kappa shape index (κ3) is 9.06. The SMILES string of the molecule is COCCN(CC(=O)N(Cc1cccn1Cc1ccccc1Cl)CC(C)C)C(=O)CCc1ccccc1. The van der Waals surface area contributed by atoms with Gasteiger partial charge in [-0.3, -0.25) is 9.59 Å². The molecule has 0 aliphatic heterocycles. The van der Waals surface area contributed by atoms with Gasteiger partial charge in [0.1, 0.15) is 0 Å². The molecule has 2 amide bonds. The van der Waals surface area contributed by atoms with Crippen molar-refractivity contribution in [1.82, 2.24) is 14.4 Å². The van der Waals surface area contributed by atoms with E-state index in [-0.39, 0.29) is 24.3 Å². The summed E-state index contributed by atoms with van der Waals surface area (Å²) in [5.41, 5.74) is 3.15. The Kier molecular flexibility index (Phi) is 11.2. The minimum absolute atomic E-state index is 0.0366. The van der Waals surface area contributed by atoms with Crippen molar-refractivity contribution in [1.29, 1.82) is 0 Å². The normalized spacial score (nSPS) is 11.1. The van der Waals surface area contributed by atoms with E-state index in [0.717, 1.165) is 21.8 Å². The van der Waals surface area contributed by atoms with Gasteiger partial charge in [-0.2, -0.15) is 0 Å². The van der Waals surface area contributed by atoms with Gasteiger partial charge < -0.3 is 19.1 Å². The molecule has 37 heavy (non-hydrogen) atoms. The van der Waals surface area contributed by atoms with Gasteiger partial charge in [-0.15, -0.1) is 0 Å². The first-order valence-electron chi connectivity index (χ1n) is 12.8. The van der Waals surface area contributed by atoms with Crippen LogP contribution in [0.2, 0.25) is 5.02 Å². The number of ether oxygens (including phenoxy) is 1. The highest BCUT2D eigenvalue weighted by atomic mass is 35.5. The molecule has 0 saturated heterocycles. The Balaban J connectivity index is 1.70. The number of rotatable bonds is 14. The van der Waals surface area contributed by atoms with E-state index in [1.54, 1.807) is 12.0 Å². The van der Waals surface area contributed by atoms with E-state index < -0.39 is 0 Å². The van der Waals surface area contributed by atoms with Gasteiger partial charge in [-0.05, 0) is 41.7 Å². The summed E-state index contributed by atoms with van der Waals surface area (Å²) in [6, 6.07) is 21.7. The Labute approximate surface area is 225 Å². The summed E-state index contributed by atoms with van der Waals surface area (Å²) in [6.45, 7) is 6.69. The van der Waals surface area contributed by atoms with Crippen molar-refractivity contribution in [3.63, 3.8) is 0 Å². The van der Waals surface area contributed by atoms with E-state index in [9.17, 15) is 9.59 Å². The second-order valence-electron chi connectivity index (χ2n) is 9.68. The fourth-order valence-corrected chi connectivity index (χ4v) is 4.45. The molecule has 3 rings (SSSR count). The van der Waals surface area contributed by atoms with E-state index in [2.05, 4.69) is 18.4 Å². The molecule has 2 aromatic carbocycles. The monoisotopic (exact) mass is 523 g/mol. The number of aromatic nitrogens is 1. The van der Waals surface area contributed by atoms with Crippen LogP contribution >= 0.6 is 11.6 Å². The molecule has 0 spiro atoms. The van der Waals surface area contributed by atoms with E-state index >= 15 is 0 Å². The molecule has 0 saturated carbocycles. The average molecular weight is 524 g/mol. The lowest BCUT2D eigenvalue weighted by Crippen LogP contribution is -2.45. The van der Waals surface area contributed by atoms with Crippen molar-refractivity contribution < 1.29 is 14.3 Å². The van der Waals surface area contributed by atoms with Crippen LogP contribution in [0.25, 0.3) is 0 Å². The maximum absolute atomic E-state index is 13.5.